The third-order valence-electron chi connectivity index (χ3n) is 3.49. The first-order chi connectivity index (χ1) is 10.1. The molecule has 2 aromatic carbocycles. The van der Waals surface area contributed by atoms with Crippen molar-refractivity contribution in [3.8, 4) is 0 Å². The second-order valence-corrected chi connectivity index (χ2v) is 6.48. The molecule has 0 atom stereocenters. The molecule has 3 rings (SSSR count). The maximum atomic E-state index is 12.2. The van der Waals surface area contributed by atoms with E-state index in [1.54, 1.807) is 0 Å². The molecule has 0 unspecified atom stereocenters. The summed E-state index contributed by atoms with van der Waals surface area (Å²) < 4.78 is 1.14. The molecule has 0 saturated carbocycles. The van der Waals surface area contributed by atoms with E-state index in [0.717, 1.165) is 25.9 Å². The van der Waals surface area contributed by atoms with Crippen molar-refractivity contribution < 1.29 is 9.59 Å². The fourth-order valence-corrected chi connectivity index (χ4v) is 3.16. The van der Waals surface area contributed by atoms with Gasteiger partial charge in [0.2, 0.25) is 5.91 Å². The van der Waals surface area contributed by atoms with Crippen LogP contribution in [-0.2, 0) is 28.9 Å². The second-order valence-electron chi connectivity index (χ2n) is 5.24. The summed E-state index contributed by atoms with van der Waals surface area (Å²) in [6.45, 7) is 0. The van der Waals surface area contributed by atoms with E-state index in [1.165, 1.54) is 0 Å². The quantitative estimate of drug-likeness (QED) is 0.815. The fraction of sp³-hybridized carbons (Fsp3) is 0.176. The Hall–Kier alpha value is -1.69. The highest BCUT2D eigenvalue weighted by Gasteiger charge is 2.18. The number of carbonyl (C=O) groups is 2. The first-order valence-electron chi connectivity index (χ1n) is 6.78. The van der Waals surface area contributed by atoms with Crippen LogP contribution in [0.2, 0.25) is 0 Å². The van der Waals surface area contributed by atoms with Crippen molar-refractivity contribution in [3.05, 3.63) is 62.7 Å². The van der Waals surface area contributed by atoms with Gasteiger partial charge in [-0.25, -0.2) is 0 Å². The van der Waals surface area contributed by atoms with E-state index in [1.807, 2.05) is 42.5 Å². The molecule has 0 aromatic heterocycles. The molecule has 1 amide bonds. The van der Waals surface area contributed by atoms with E-state index in [9.17, 15) is 9.59 Å². The smallest absolute Gasteiger partial charge is 0.228 e. The average Bonchev–Trinajstić information content (AvgIpc) is 2.78. The average molecular weight is 391 g/mol. The summed E-state index contributed by atoms with van der Waals surface area (Å²) in [6, 6.07) is 13.7. The minimum Gasteiger partial charge on any atom is -0.326 e. The van der Waals surface area contributed by atoms with Crippen LogP contribution in [0.3, 0.4) is 0 Å². The number of ketones is 1. The molecule has 0 bridgehead atoms. The maximum Gasteiger partial charge on any atom is 0.228 e. The lowest BCUT2D eigenvalue weighted by Crippen LogP contribution is -2.07. The van der Waals surface area contributed by atoms with Gasteiger partial charge in [-0.2, -0.15) is 0 Å². The van der Waals surface area contributed by atoms with Gasteiger partial charge in [-0.3, -0.25) is 9.59 Å². The monoisotopic (exact) mass is 391 g/mol. The van der Waals surface area contributed by atoms with Gasteiger partial charge in [0.25, 0.3) is 0 Å². The Morgan fingerprint density at radius 1 is 1.10 bits per heavy atom. The largest absolute Gasteiger partial charge is 0.326 e. The van der Waals surface area contributed by atoms with Crippen LogP contribution in [-0.4, -0.2) is 11.7 Å². The molecule has 1 heterocycles. The molecule has 0 fully saturated rings. The number of hydrogen-bond acceptors (Lipinski definition) is 2. The van der Waals surface area contributed by atoms with Gasteiger partial charge in [-0.1, -0.05) is 24.3 Å². The number of carbonyl (C=O) groups excluding carboxylic acids is 2. The van der Waals surface area contributed by atoms with E-state index in [2.05, 4.69) is 27.9 Å². The number of anilines is 1. The van der Waals surface area contributed by atoms with Crippen molar-refractivity contribution >= 4 is 40.0 Å². The zero-order valence-corrected chi connectivity index (χ0v) is 13.5. The molecule has 1 aliphatic heterocycles. The van der Waals surface area contributed by atoms with Gasteiger partial charge in [0.1, 0.15) is 5.78 Å². The normalized spacial score (nSPS) is 12.9. The summed E-state index contributed by atoms with van der Waals surface area (Å²) >= 11 is 2.25. The first kappa shape index (κ1) is 14.3. The number of fused-ring (bicyclic) bond motifs is 1. The molecule has 0 aliphatic carbocycles. The topological polar surface area (TPSA) is 46.2 Å². The third-order valence-corrected chi connectivity index (χ3v) is 4.16. The van der Waals surface area contributed by atoms with Gasteiger partial charge in [0, 0.05) is 22.1 Å². The van der Waals surface area contributed by atoms with Crippen LogP contribution in [0.5, 0.6) is 0 Å². The molecular formula is C17H14INO2. The molecule has 2 aromatic rings. The predicted octanol–water partition coefficient (Wildman–Crippen LogP) is 3.14. The van der Waals surface area contributed by atoms with Crippen LogP contribution >= 0.6 is 22.6 Å². The molecule has 4 heteroatoms. The Morgan fingerprint density at radius 3 is 2.62 bits per heavy atom. The van der Waals surface area contributed by atoms with Gasteiger partial charge in [0.15, 0.2) is 0 Å². The summed E-state index contributed by atoms with van der Waals surface area (Å²) in [5.74, 6) is 0.210. The molecule has 1 N–H and O–H groups in total. The molecule has 0 spiro atoms. The van der Waals surface area contributed by atoms with Gasteiger partial charge in [-0.05, 0) is 57.5 Å². The van der Waals surface area contributed by atoms with Crippen LogP contribution in [0.15, 0.2) is 42.5 Å². The molecule has 21 heavy (non-hydrogen) atoms. The van der Waals surface area contributed by atoms with Gasteiger partial charge >= 0.3 is 0 Å². The predicted molar refractivity (Wildman–Crippen MR) is 90.3 cm³/mol. The number of benzene rings is 2. The van der Waals surface area contributed by atoms with Crippen LogP contribution in [0.1, 0.15) is 16.7 Å². The molecule has 1 aliphatic rings. The van der Waals surface area contributed by atoms with Crippen molar-refractivity contribution in [1.82, 2.24) is 0 Å². The second kappa shape index (κ2) is 5.97. The minimum absolute atomic E-state index is 0.0207. The number of nitrogens with one attached hydrogen (secondary N) is 1. The summed E-state index contributed by atoms with van der Waals surface area (Å²) in [5.41, 5.74) is 3.87. The number of rotatable bonds is 4. The van der Waals surface area contributed by atoms with Crippen molar-refractivity contribution in [2.75, 3.05) is 5.32 Å². The lowest BCUT2D eigenvalue weighted by atomic mass is 10.0. The van der Waals surface area contributed by atoms with Crippen molar-refractivity contribution in [3.63, 3.8) is 0 Å². The van der Waals surface area contributed by atoms with Crippen molar-refractivity contribution in [2.45, 2.75) is 19.3 Å². The molecule has 0 radical (unpaired) electrons. The SMILES string of the molecule is O=C(Cc1cccc(I)c1)Cc1ccc2c(c1)CC(=O)N2. The first-order valence-corrected chi connectivity index (χ1v) is 7.86. The van der Waals surface area contributed by atoms with E-state index >= 15 is 0 Å². The van der Waals surface area contributed by atoms with E-state index in [-0.39, 0.29) is 11.7 Å². The fourth-order valence-electron chi connectivity index (χ4n) is 2.56. The number of halogens is 1. The molecule has 106 valence electrons. The van der Waals surface area contributed by atoms with Crippen LogP contribution in [0.25, 0.3) is 0 Å². The zero-order chi connectivity index (χ0) is 14.8. The Kier molecular flexibility index (Phi) is 4.05. The minimum atomic E-state index is 0.0207. The number of hydrogen-bond donors (Lipinski definition) is 1. The lowest BCUT2D eigenvalue weighted by molar-refractivity contribution is -0.118. The molecule has 3 nitrogen and oxygen atoms in total. The summed E-state index contributed by atoms with van der Waals surface area (Å²) in [7, 11) is 0. The Bertz CT molecular complexity index is 724. The molecular weight excluding hydrogens is 377 g/mol. The van der Waals surface area contributed by atoms with Gasteiger partial charge in [0.05, 0.1) is 6.42 Å². The number of amides is 1. The van der Waals surface area contributed by atoms with Crippen LogP contribution in [0.4, 0.5) is 5.69 Å². The summed E-state index contributed by atoms with van der Waals surface area (Å²) in [6.07, 6.45) is 1.27. The Balaban J connectivity index is 1.68. The van der Waals surface area contributed by atoms with Gasteiger partial charge < -0.3 is 5.32 Å². The summed E-state index contributed by atoms with van der Waals surface area (Å²) in [5, 5.41) is 2.80. The third kappa shape index (κ3) is 3.50. The Labute approximate surface area is 136 Å². The highest BCUT2D eigenvalue weighted by molar-refractivity contribution is 14.1. The van der Waals surface area contributed by atoms with E-state index in [0.29, 0.717) is 19.3 Å². The highest BCUT2D eigenvalue weighted by atomic mass is 127. The van der Waals surface area contributed by atoms with Crippen molar-refractivity contribution in [2.24, 2.45) is 0 Å². The summed E-state index contributed by atoms with van der Waals surface area (Å²) in [4.78, 5) is 23.5. The van der Waals surface area contributed by atoms with Gasteiger partial charge in [-0.15, -0.1) is 0 Å². The standard InChI is InChI=1S/C17H14INO2/c18-14-3-1-2-11(7-14)8-15(20)9-12-4-5-16-13(6-12)10-17(21)19-16/h1-7H,8-10H2,(H,19,21). The van der Waals surface area contributed by atoms with Crippen LogP contribution in [0, 0.1) is 3.57 Å². The van der Waals surface area contributed by atoms with E-state index in [4.69, 9.17) is 0 Å². The lowest BCUT2D eigenvalue weighted by Gasteiger charge is -2.05. The van der Waals surface area contributed by atoms with Crippen LogP contribution < -0.4 is 5.32 Å². The maximum absolute atomic E-state index is 12.2. The molecule has 0 saturated heterocycles. The highest BCUT2D eigenvalue weighted by Crippen LogP contribution is 2.24. The number of Topliss-reactive ketones (excluding diaryl/α,β-unsaturated/α-hetero) is 1. The Morgan fingerprint density at radius 2 is 1.86 bits per heavy atom. The van der Waals surface area contributed by atoms with Crippen molar-refractivity contribution in [1.29, 1.82) is 0 Å². The van der Waals surface area contributed by atoms with E-state index < -0.39 is 0 Å². The zero-order valence-electron chi connectivity index (χ0n) is 11.4.